The molecule has 0 saturated heterocycles. The number of imidazole rings is 1. The molecule has 0 unspecified atom stereocenters. The molecule has 4 aromatic rings. The molecule has 0 spiro atoms. The van der Waals surface area contributed by atoms with Crippen LogP contribution in [0.3, 0.4) is 0 Å². The molecule has 4 rings (SSSR count). The quantitative estimate of drug-likeness (QED) is 0.601. The van der Waals surface area contributed by atoms with Crippen LogP contribution < -0.4 is 10.1 Å². The fraction of sp³-hybridized carbons (Fsp3) is 0.105. The van der Waals surface area contributed by atoms with E-state index in [1.807, 2.05) is 23.7 Å². The van der Waals surface area contributed by atoms with E-state index in [9.17, 15) is 4.79 Å². The van der Waals surface area contributed by atoms with Crippen LogP contribution in [-0.4, -0.2) is 37.5 Å². The van der Waals surface area contributed by atoms with Crippen LogP contribution in [0.15, 0.2) is 55.2 Å². The van der Waals surface area contributed by atoms with Gasteiger partial charge in [-0.05, 0) is 18.2 Å². The Morgan fingerprint density at radius 2 is 2.04 bits per heavy atom. The molecule has 0 fully saturated rings. The molecule has 0 saturated carbocycles. The highest BCUT2D eigenvalue weighted by molar-refractivity contribution is 6.04. The highest BCUT2D eigenvalue weighted by atomic mass is 16.5. The maximum atomic E-state index is 12.5. The lowest BCUT2D eigenvalue weighted by molar-refractivity contribution is 0.102. The van der Waals surface area contributed by atoms with Gasteiger partial charge in [0.15, 0.2) is 0 Å². The Labute approximate surface area is 154 Å². The molecule has 0 atom stereocenters. The number of aryl methyl sites for hydroxylation is 1. The first-order valence-corrected chi connectivity index (χ1v) is 8.19. The number of ether oxygens (including phenoxy) is 1. The van der Waals surface area contributed by atoms with E-state index in [1.54, 1.807) is 36.9 Å². The van der Waals surface area contributed by atoms with Crippen LogP contribution in [0.5, 0.6) is 5.88 Å². The normalized spacial score (nSPS) is 10.7. The van der Waals surface area contributed by atoms with Crippen LogP contribution in [0.25, 0.3) is 22.3 Å². The van der Waals surface area contributed by atoms with Crippen molar-refractivity contribution in [2.45, 2.75) is 0 Å². The molecular weight excluding hydrogens is 344 g/mol. The maximum absolute atomic E-state index is 12.5. The number of methoxy groups -OCH3 is 1. The van der Waals surface area contributed by atoms with Crippen molar-refractivity contribution in [1.29, 1.82) is 0 Å². The number of aromatic nitrogens is 5. The van der Waals surface area contributed by atoms with Crippen LogP contribution in [0.1, 0.15) is 10.4 Å². The highest BCUT2D eigenvalue weighted by Gasteiger charge is 2.10. The van der Waals surface area contributed by atoms with Crippen molar-refractivity contribution in [2.24, 2.45) is 7.05 Å². The van der Waals surface area contributed by atoms with Crippen molar-refractivity contribution in [3.8, 4) is 17.3 Å². The largest absolute Gasteiger partial charge is 0.481 e. The molecule has 0 aromatic carbocycles. The molecule has 0 bridgehead atoms. The summed E-state index contributed by atoms with van der Waals surface area (Å²) in [7, 11) is 3.41. The highest BCUT2D eigenvalue weighted by Crippen LogP contribution is 2.22. The number of hydrogen-bond acceptors (Lipinski definition) is 6. The van der Waals surface area contributed by atoms with Gasteiger partial charge >= 0.3 is 0 Å². The second-order valence-electron chi connectivity index (χ2n) is 5.89. The van der Waals surface area contributed by atoms with Gasteiger partial charge in [0.05, 0.1) is 36.5 Å². The fourth-order valence-electron chi connectivity index (χ4n) is 2.68. The molecule has 0 radical (unpaired) electrons. The number of nitrogens with one attached hydrogen (secondary N) is 1. The van der Waals surface area contributed by atoms with Gasteiger partial charge in [-0.3, -0.25) is 4.79 Å². The fourth-order valence-corrected chi connectivity index (χ4v) is 2.68. The maximum Gasteiger partial charge on any atom is 0.257 e. The summed E-state index contributed by atoms with van der Waals surface area (Å²) >= 11 is 0. The van der Waals surface area contributed by atoms with Gasteiger partial charge in [0.2, 0.25) is 5.88 Å². The topological polar surface area (TPSA) is 94.8 Å². The van der Waals surface area contributed by atoms with Gasteiger partial charge in [-0.1, -0.05) is 0 Å². The lowest BCUT2D eigenvalue weighted by Crippen LogP contribution is -2.13. The van der Waals surface area contributed by atoms with E-state index < -0.39 is 0 Å². The summed E-state index contributed by atoms with van der Waals surface area (Å²) in [4.78, 5) is 29.5. The first-order valence-electron chi connectivity index (χ1n) is 8.19. The Bertz CT molecular complexity index is 1140. The first-order chi connectivity index (χ1) is 13.1. The number of nitrogens with zero attached hydrogens (tertiary/aromatic N) is 5. The third-order valence-corrected chi connectivity index (χ3v) is 4.10. The molecule has 4 aromatic heterocycles. The van der Waals surface area contributed by atoms with E-state index in [0.717, 1.165) is 22.3 Å². The molecule has 27 heavy (non-hydrogen) atoms. The minimum Gasteiger partial charge on any atom is -0.481 e. The zero-order valence-electron chi connectivity index (χ0n) is 14.7. The Kier molecular flexibility index (Phi) is 4.21. The molecular formula is C19H16N6O2. The molecule has 1 N–H and O–H groups in total. The predicted octanol–water partition coefficient (Wildman–Crippen LogP) is 2.69. The summed E-state index contributed by atoms with van der Waals surface area (Å²) < 4.78 is 6.94. The summed E-state index contributed by atoms with van der Waals surface area (Å²) in [6.45, 7) is 0. The van der Waals surface area contributed by atoms with Gasteiger partial charge < -0.3 is 14.6 Å². The second-order valence-corrected chi connectivity index (χ2v) is 5.89. The molecule has 0 aliphatic rings. The summed E-state index contributed by atoms with van der Waals surface area (Å²) in [6, 6.07) is 8.78. The van der Waals surface area contributed by atoms with Gasteiger partial charge in [-0.2, -0.15) is 0 Å². The van der Waals surface area contributed by atoms with Crippen LogP contribution in [0, 0.1) is 0 Å². The standard InChI is InChI=1S/C19H16N6O2/c1-25-11-20-10-16(25)14-4-3-13-9-22-17(8-15(13)23-14)24-19(26)12-5-6-21-18(7-12)27-2/h3-11H,1-2H3,(H,22,24,26). The van der Waals surface area contributed by atoms with Crippen molar-refractivity contribution in [3.63, 3.8) is 0 Å². The van der Waals surface area contributed by atoms with Gasteiger partial charge in [-0.25, -0.2) is 19.9 Å². The number of pyridine rings is 3. The third kappa shape index (κ3) is 3.32. The SMILES string of the molecule is COc1cc(C(=O)Nc2cc3nc(-c4cncn4C)ccc3cn2)ccn1. The van der Waals surface area contributed by atoms with Gasteiger partial charge in [-0.15, -0.1) is 0 Å². The number of fused-ring (bicyclic) bond motifs is 1. The average molecular weight is 360 g/mol. The molecule has 134 valence electrons. The summed E-state index contributed by atoms with van der Waals surface area (Å²) in [5, 5.41) is 3.66. The monoisotopic (exact) mass is 360 g/mol. The van der Waals surface area contributed by atoms with Gasteiger partial charge in [0.1, 0.15) is 5.82 Å². The van der Waals surface area contributed by atoms with E-state index in [-0.39, 0.29) is 5.91 Å². The Morgan fingerprint density at radius 3 is 2.81 bits per heavy atom. The Balaban J connectivity index is 1.64. The third-order valence-electron chi connectivity index (χ3n) is 4.10. The van der Waals surface area contributed by atoms with E-state index in [4.69, 9.17) is 4.74 Å². The number of rotatable bonds is 4. The molecule has 0 aliphatic heterocycles. The van der Waals surface area contributed by atoms with Crippen molar-refractivity contribution >= 4 is 22.6 Å². The summed E-state index contributed by atoms with van der Waals surface area (Å²) in [6.07, 6.45) is 6.68. The van der Waals surface area contributed by atoms with E-state index in [0.29, 0.717) is 17.3 Å². The summed E-state index contributed by atoms with van der Waals surface area (Å²) in [5.41, 5.74) is 2.86. The van der Waals surface area contributed by atoms with Crippen molar-refractivity contribution in [1.82, 2.24) is 24.5 Å². The lowest BCUT2D eigenvalue weighted by Gasteiger charge is -2.07. The lowest BCUT2D eigenvalue weighted by atomic mass is 10.2. The van der Waals surface area contributed by atoms with Gasteiger partial charge in [0, 0.05) is 42.5 Å². The number of amides is 1. The van der Waals surface area contributed by atoms with Crippen molar-refractivity contribution < 1.29 is 9.53 Å². The molecule has 1 amide bonds. The first kappa shape index (κ1) is 16.6. The Morgan fingerprint density at radius 1 is 1.15 bits per heavy atom. The van der Waals surface area contributed by atoms with E-state index in [2.05, 4.69) is 25.3 Å². The molecule has 0 aliphatic carbocycles. The van der Waals surface area contributed by atoms with E-state index in [1.165, 1.54) is 13.3 Å². The summed E-state index contributed by atoms with van der Waals surface area (Å²) in [5.74, 6) is 0.486. The average Bonchev–Trinajstić information content (AvgIpc) is 3.13. The van der Waals surface area contributed by atoms with Crippen LogP contribution >= 0.6 is 0 Å². The minimum absolute atomic E-state index is 0.301. The van der Waals surface area contributed by atoms with Crippen LogP contribution in [-0.2, 0) is 7.05 Å². The zero-order valence-corrected chi connectivity index (χ0v) is 14.7. The number of carbonyl (C=O) groups is 1. The number of carbonyl (C=O) groups excluding carboxylic acids is 1. The predicted molar refractivity (Wildman–Crippen MR) is 100 cm³/mol. The van der Waals surface area contributed by atoms with Crippen LogP contribution in [0.2, 0.25) is 0 Å². The smallest absolute Gasteiger partial charge is 0.257 e. The van der Waals surface area contributed by atoms with Crippen molar-refractivity contribution in [3.05, 3.63) is 60.8 Å². The number of anilines is 1. The molecule has 4 heterocycles. The zero-order chi connectivity index (χ0) is 18.8. The molecule has 8 nitrogen and oxygen atoms in total. The number of hydrogen-bond donors (Lipinski definition) is 1. The minimum atomic E-state index is -0.301. The Hall–Kier alpha value is -3.81. The van der Waals surface area contributed by atoms with E-state index >= 15 is 0 Å². The second kappa shape index (κ2) is 6.83. The molecule has 8 heteroatoms. The van der Waals surface area contributed by atoms with Gasteiger partial charge in [0.25, 0.3) is 5.91 Å². The van der Waals surface area contributed by atoms with Crippen LogP contribution in [0.4, 0.5) is 5.82 Å². The van der Waals surface area contributed by atoms with Crippen molar-refractivity contribution in [2.75, 3.05) is 12.4 Å².